The number of nitrogens with one attached hydrogen (secondary N) is 2. The van der Waals surface area contributed by atoms with Crippen molar-refractivity contribution in [2.45, 2.75) is 26.4 Å². The molecule has 1 aliphatic heterocycles. The zero-order chi connectivity index (χ0) is 22.5. The summed E-state index contributed by atoms with van der Waals surface area (Å²) in [4.78, 5) is 33.8. The van der Waals surface area contributed by atoms with Crippen LogP contribution < -0.4 is 10.6 Å². The molecule has 0 bridgehead atoms. The largest absolute Gasteiger partial charge is 0.453 e. The first-order chi connectivity index (χ1) is 14.8. The van der Waals surface area contributed by atoms with Crippen LogP contribution in [-0.4, -0.2) is 72.2 Å². The van der Waals surface area contributed by atoms with Gasteiger partial charge in [-0.15, -0.1) is 0 Å². The van der Waals surface area contributed by atoms with E-state index in [0.717, 1.165) is 16.9 Å². The van der Waals surface area contributed by atoms with Gasteiger partial charge in [-0.05, 0) is 24.6 Å². The summed E-state index contributed by atoms with van der Waals surface area (Å²) in [7, 11) is 2.94. The smallest absolute Gasteiger partial charge is 0.409 e. The highest BCUT2D eigenvalue weighted by atomic mass is 16.5. The van der Waals surface area contributed by atoms with Crippen molar-refractivity contribution in [1.82, 2.24) is 24.9 Å². The van der Waals surface area contributed by atoms with Gasteiger partial charge in [0.05, 0.1) is 37.8 Å². The fourth-order valence-corrected chi connectivity index (χ4v) is 3.50. The Balaban J connectivity index is 1.91. The number of hydrogen-bond acceptors (Lipinski definition) is 6. The van der Waals surface area contributed by atoms with Crippen LogP contribution in [0.25, 0.3) is 11.3 Å². The summed E-state index contributed by atoms with van der Waals surface area (Å²) in [6.45, 7) is 8.84. The van der Waals surface area contributed by atoms with Crippen molar-refractivity contribution in [1.29, 1.82) is 0 Å². The van der Waals surface area contributed by atoms with Crippen LogP contribution >= 0.6 is 0 Å². The van der Waals surface area contributed by atoms with E-state index in [2.05, 4.69) is 22.2 Å². The van der Waals surface area contributed by atoms with Crippen LogP contribution in [0.15, 0.2) is 29.9 Å². The zero-order valence-electron chi connectivity index (χ0n) is 18.3. The van der Waals surface area contributed by atoms with Gasteiger partial charge < -0.3 is 24.1 Å². The Morgan fingerprint density at radius 2 is 2.19 bits per heavy atom. The quantitative estimate of drug-likeness (QED) is 0.562. The molecule has 0 aliphatic carbocycles. The van der Waals surface area contributed by atoms with Crippen LogP contribution in [0, 0.1) is 6.92 Å². The summed E-state index contributed by atoms with van der Waals surface area (Å²) in [5, 5.41) is 5.65. The van der Waals surface area contributed by atoms with Crippen molar-refractivity contribution >= 4 is 29.3 Å². The molecule has 1 atom stereocenters. The number of aromatic nitrogens is 2. The van der Waals surface area contributed by atoms with E-state index in [1.165, 1.54) is 14.0 Å². The first-order valence-corrected chi connectivity index (χ1v) is 9.95. The van der Waals surface area contributed by atoms with Gasteiger partial charge in [0.25, 0.3) is 0 Å². The summed E-state index contributed by atoms with van der Waals surface area (Å²) in [6, 6.07) is 3.97. The normalized spacial score (nSPS) is 16.8. The highest BCUT2D eigenvalue weighted by Crippen LogP contribution is 2.22. The first kappa shape index (κ1) is 22.3. The number of imidazole rings is 1. The summed E-state index contributed by atoms with van der Waals surface area (Å²) in [5.74, 6) is 0.0349. The van der Waals surface area contributed by atoms with E-state index in [9.17, 15) is 9.59 Å². The maximum atomic E-state index is 11.9. The lowest BCUT2D eigenvalue weighted by atomic mass is 10.1. The minimum absolute atomic E-state index is 0.227. The lowest BCUT2D eigenvalue weighted by Crippen LogP contribution is -2.46. The maximum Gasteiger partial charge on any atom is 0.409 e. The Bertz CT molecular complexity index is 1030. The second kappa shape index (κ2) is 9.61. The Labute approximate surface area is 180 Å². The summed E-state index contributed by atoms with van der Waals surface area (Å²) in [5.41, 5.74) is 3.85. The molecule has 2 aromatic heterocycles. The van der Waals surface area contributed by atoms with E-state index in [-0.39, 0.29) is 24.1 Å². The minimum atomic E-state index is -0.368. The number of carbonyl (C=O) groups is 2. The third-order valence-electron chi connectivity index (χ3n) is 4.95. The average Bonchev–Trinajstić information content (AvgIpc) is 3.09. The molecular weight excluding hydrogens is 400 g/mol. The van der Waals surface area contributed by atoms with Gasteiger partial charge in [0, 0.05) is 33.1 Å². The number of aliphatic imine (C=N–C) groups is 1. The molecule has 3 heterocycles. The van der Waals surface area contributed by atoms with Crippen LogP contribution in [-0.2, 0) is 20.7 Å². The SMILES string of the molecule is C=C(NC(=NC)NC(C)=O)c1nc2cc(C)ccn2c1C[C@H]1CN(C(=O)OC)CCO1. The van der Waals surface area contributed by atoms with Crippen molar-refractivity contribution in [3.63, 3.8) is 0 Å². The third-order valence-corrected chi connectivity index (χ3v) is 4.95. The number of morpholine rings is 1. The van der Waals surface area contributed by atoms with Crippen LogP contribution in [0.4, 0.5) is 4.79 Å². The van der Waals surface area contributed by atoms with Gasteiger partial charge in [0.2, 0.25) is 11.9 Å². The topological polar surface area (TPSA) is 110 Å². The van der Waals surface area contributed by atoms with Crippen molar-refractivity contribution in [2.24, 2.45) is 4.99 Å². The molecule has 31 heavy (non-hydrogen) atoms. The summed E-state index contributed by atoms with van der Waals surface area (Å²) < 4.78 is 12.7. The van der Waals surface area contributed by atoms with Crippen LogP contribution in [0.2, 0.25) is 0 Å². The van der Waals surface area contributed by atoms with E-state index < -0.39 is 0 Å². The molecule has 166 valence electrons. The minimum Gasteiger partial charge on any atom is -0.453 e. The number of methoxy groups -OCH3 is 1. The number of rotatable bonds is 4. The molecule has 2 amide bonds. The van der Waals surface area contributed by atoms with Crippen molar-refractivity contribution in [3.05, 3.63) is 41.9 Å². The van der Waals surface area contributed by atoms with Gasteiger partial charge in [-0.1, -0.05) is 6.58 Å². The second-order valence-corrected chi connectivity index (χ2v) is 7.31. The average molecular weight is 428 g/mol. The van der Waals surface area contributed by atoms with Crippen molar-refractivity contribution in [3.8, 4) is 0 Å². The molecule has 0 spiro atoms. The van der Waals surface area contributed by atoms with Crippen molar-refractivity contribution in [2.75, 3.05) is 33.9 Å². The highest BCUT2D eigenvalue weighted by Gasteiger charge is 2.27. The van der Waals surface area contributed by atoms with Gasteiger partial charge in [0.1, 0.15) is 11.3 Å². The monoisotopic (exact) mass is 428 g/mol. The van der Waals surface area contributed by atoms with Crippen LogP contribution in [0.3, 0.4) is 0 Å². The fourth-order valence-electron chi connectivity index (χ4n) is 3.50. The molecule has 0 aromatic carbocycles. The van der Waals surface area contributed by atoms with Gasteiger partial charge in [-0.25, -0.2) is 9.78 Å². The lowest BCUT2D eigenvalue weighted by Gasteiger charge is -2.32. The Morgan fingerprint density at radius 1 is 1.42 bits per heavy atom. The van der Waals surface area contributed by atoms with E-state index in [1.807, 2.05) is 29.7 Å². The Kier molecular flexibility index (Phi) is 6.91. The molecule has 0 radical (unpaired) electrons. The standard InChI is InChI=1S/C21H28N6O4/c1-13-6-7-27-17(11-16-12-26(8-9-31-16)21(29)30-5)19(25-18(27)10-13)14(2)23-20(22-4)24-15(3)28/h6-7,10,16H,2,8-9,11-12H2,1,3-5H3,(H2,22,23,24,28)/t16-/m0/s1. The summed E-state index contributed by atoms with van der Waals surface area (Å²) in [6.07, 6.45) is 1.86. The molecular formula is C21H28N6O4. The number of carbonyl (C=O) groups excluding carboxylic acids is 2. The molecule has 10 heteroatoms. The molecule has 10 nitrogen and oxygen atoms in total. The van der Waals surface area contributed by atoms with Gasteiger partial charge in [-0.2, -0.15) is 0 Å². The Hall–Kier alpha value is -3.40. The number of nitrogens with zero attached hydrogens (tertiary/aromatic N) is 4. The lowest BCUT2D eigenvalue weighted by molar-refractivity contribution is -0.117. The van der Waals surface area contributed by atoms with E-state index in [1.54, 1.807) is 11.9 Å². The van der Waals surface area contributed by atoms with Gasteiger partial charge >= 0.3 is 6.09 Å². The predicted octanol–water partition coefficient (Wildman–Crippen LogP) is 1.33. The number of ether oxygens (including phenoxy) is 2. The second-order valence-electron chi connectivity index (χ2n) is 7.31. The Morgan fingerprint density at radius 3 is 2.87 bits per heavy atom. The molecule has 2 N–H and O–H groups in total. The highest BCUT2D eigenvalue weighted by molar-refractivity contribution is 5.99. The molecule has 0 saturated carbocycles. The fraction of sp³-hybridized carbons (Fsp3) is 0.429. The molecule has 2 aromatic rings. The molecule has 1 aliphatic rings. The van der Waals surface area contributed by atoms with Gasteiger partial charge in [0.15, 0.2) is 0 Å². The number of guanidine groups is 1. The maximum absolute atomic E-state index is 11.9. The number of aryl methyl sites for hydroxylation is 1. The van der Waals surface area contributed by atoms with Crippen LogP contribution in [0.5, 0.6) is 0 Å². The predicted molar refractivity (Wildman–Crippen MR) is 117 cm³/mol. The molecule has 0 unspecified atom stereocenters. The number of hydrogen-bond donors (Lipinski definition) is 2. The van der Waals surface area contributed by atoms with E-state index in [0.29, 0.717) is 37.5 Å². The molecule has 1 saturated heterocycles. The van der Waals surface area contributed by atoms with Crippen LogP contribution in [0.1, 0.15) is 23.9 Å². The molecule has 1 fully saturated rings. The summed E-state index contributed by atoms with van der Waals surface area (Å²) >= 11 is 0. The zero-order valence-corrected chi connectivity index (χ0v) is 18.3. The third kappa shape index (κ3) is 5.21. The van der Waals surface area contributed by atoms with E-state index in [4.69, 9.17) is 14.5 Å². The number of pyridine rings is 1. The van der Waals surface area contributed by atoms with E-state index >= 15 is 0 Å². The first-order valence-electron chi connectivity index (χ1n) is 9.95. The number of fused-ring (bicyclic) bond motifs is 1. The van der Waals surface area contributed by atoms with Gasteiger partial charge in [-0.3, -0.25) is 15.1 Å². The number of amides is 2. The van der Waals surface area contributed by atoms with Crippen molar-refractivity contribution < 1.29 is 19.1 Å². The molecule has 3 rings (SSSR count).